The molecule has 0 amide bonds. The fraction of sp³-hybridized carbons (Fsp3) is 0.200. The molecule has 1 heterocycles. The van der Waals surface area contributed by atoms with E-state index in [1.54, 1.807) is 24.3 Å². The van der Waals surface area contributed by atoms with E-state index < -0.39 is 0 Å². The van der Waals surface area contributed by atoms with E-state index in [2.05, 4.69) is 4.98 Å². The van der Waals surface area contributed by atoms with Crippen molar-refractivity contribution >= 4 is 0 Å². The van der Waals surface area contributed by atoms with E-state index in [-0.39, 0.29) is 0 Å². The van der Waals surface area contributed by atoms with Crippen molar-refractivity contribution in [3.63, 3.8) is 0 Å². The van der Waals surface area contributed by atoms with Crippen LogP contribution in [0.15, 0.2) is 30.5 Å². The maximum atomic E-state index is 8.87. The van der Waals surface area contributed by atoms with Crippen LogP contribution < -0.4 is 18.9 Å². The fourth-order valence-electron chi connectivity index (χ4n) is 1.77. The van der Waals surface area contributed by atoms with Crippen molar-refractivity contribution in [1.29, 1.82) is 5.26 Å². The van der Waals surface area contributed by atoms with Gasteiger partial charge in [0.2, 0.25) is 11.6 Å². The third-order valence-corrected chi connectivity index (χ3v) is 2.72. The molecule has 1 aromatic heterocycles. The molecule has 6 nitrogen and oxygen atoms in total. The Bertz CT molecular complexity index is 655. The number of aromatic nitrogens is 1. The normalized spacial score (nSPS) is 9.62. The minimum absolute atomic E-state index is 0.309. The second-order valence-electron chi connectivity index (χ2n) is 3.96. The van der Waals surface area contributed by atoms with Crippen molar-refractivity contribution in [1.82, 2.24) is 4.98 Å². The van der Waals surface area contributed by atoms with Gasteiger partial charge in [0.15, 0.2) is 11.5 Å². The van der Waals surface area contributed by atoms with Crippen molar-refractivity contribution in [2.45, 2.75) is 0 Å². The van der Waals surface area contributed by atoms with E-state index in [1.165, 1.54) is 27.5 Å². The van der Waals surface area contributed by atoms with Crippen molar-refractivity contribution in [2.24, 2.45) is 0 Å². The van der Waals surface area contributed by atoms with Gasteiger partial charge in [0.05, 0.1) is 33.0 Å². The van der Waals surface area contributed by atoms with Crippen LogP contribution in [0.2, 0.25) is 0 Å². The van der Waals surface area contributed by atoms with Crippen LogP contribution >= 0.6 is 0 Å². The van der Waals surface area contributed by atoms with Gasteiger partial charge in [-0.3, -0.25) is 0 Å². The molecule has 0 bridgehead atoms. The molecule has 21 heavy (non-hydrogen) atoms. The summed E-state index contributed by atoms with van der Waals surface area (Å²) in [6.07, 6.45) is 1.51. The maximum Gasteiger partial charge on any atom is 0.220 e. The van der Waals surface area contributed by atoms with Crippen LogP contribution in [-0.4, -0.2) is 26.3 Å². The number of nitrogens with zero attached hydrogens (tertiary/aromatic N) is 2. The maximum absolute atomic E-state index is 8.87. The second-order valence-corrected chi connectivity index (χ2v) is 3.96. The Morgan fingerprint density at radius 1 is 1.00 bits per heavy atom. The molecule has 108 valence electrons. The van der Waals surface area contributed by atoms with Crippen molar-refractivity contribution in [2.75, 3.05) is 21.3 Å². The lowest BCUT2D eigenvalue weighted by Crippen LogP contribution is -1.96. The zero-order valence-electron chi connectivity index (χ0n) is 11.9. The molecule has 0 saturated heterocycles. The third-order valence-electron chi connectivity index (χ3n) is 2.72. The number of pyridine rings is 1. The van der Waals surface area contributed by atoms with Crippen LogP contribution in [0.3, 0.4) is 0 Å². The van der Waals surface area contributed by atoms with Gasteiger partial charge in [0.25, 0.3) is 0 Å². The topological polar surface area (TPSA) is 73.6 Å². The first-order chi connectivity index (χ1) is 10.2. The Balaban J connectivity index is 2.38. The SMILES string of the molecule is COc1cc(Oc2cc(C#N)ccn2)cc(OC)c1OC. The molecule has 0 atom stereocenters. The average Bonchev–Trinajstić information content (AvgIpc) is 2.53. The Kier molecular flexibility index (Phi) is 4.46. The summed E-state index contributed by atoms with van der Waals surface area (Å²) in [6.45, 7) is 0. The highest BCUT2D eigenvalue weighted by Gasteiger charge is 2.14. The summed E-state index contributed by atoms with van der Waals surface area (Å²) in [5.41, 5.74) is 0.465. The van der Waals surface area contributed by atoms with Gasteiger partial charge in [-0.2, -0.15) is 5.26 Å². The van der Waals surface area contributed by atoms with Gasteiger partial charge >= 0.3 is 0 Å². The molecule has 2 rings (SSSR count). The zero-order chi connectivity index (χ0) is 15.2. The van der Waals surface area contributed by atoms with Gasteiger partial charge in [-0.15, -0.1) is 0 Å². The van der Waals surface area contributed by atoms with Crippen molar-refractivity contribution in [3.05, 3.63) is 36.0 Å². The van der Waals surface area contributed by atoms with E-state index in [9.17, 15) is 0 Å². The molecule has 0 aliphatic rings. The average molecular weight is 286 g/mol. The molecule has 6 heteroatoms. The number of nitriles is 1. The van der Waals surface area contributed by atoms with Gasteiger partial charge in [0, 0.05) is 24.4 Å². The highest BCUT2D eigenvalue weighted by Crippen LogP contribution is 2.41. The number of methoxy groups -OCH3 is 3. The fourth-order valence-corrected chi connectivity index (χ4v) is 1.77. The number of hydrogen-bond donors (Lipinski definition) is 0. The first-order valence-corrected chi connectivity index (χ1v) is 6.05. The highest BCUT2D eigenvalue weighted by atomic mass is 16.5. The first-order valence-electron chi connectivity index (χ1n) is 6.05. The number of ether oxygens (including phenoxy) is 4. The van der Waals surface area contributed by atoms with E-state index in [0.717, 1.165) is 0 Å². The van der Waals surface area contributed by atoms with Gasteiger partial charge in [-0.05, 0) is 6.07 Å². The molecular formula is C15H14N2O4. The van der Waals surface area contributed by atoms with Crippen LogP contribution in [0.5, 0.6) is 28.9 Å². The van der Waals surface area contributed by atoms with Crippen molar-refractivity contribution < 1.29 is 18.9 Å². The van der Waals surface area contributed by atoms with Crippen LogP contribution in [0, 0.1) is 11.3 Å². The monoisotopic (exact) mass is 286 g/mol. The Labute approximate surface area is 122 Å². The predicted molar refractivity (Wildman–Crippen MR) is 75.1 cm³/mol. The van der Waals surface area contributed by atoms with Crippen LogP contribution in [-0.2, 0) is 0 Å². The molecule has 0 spiro atoms. The molecule has 0 N–H and O–H groups in total. The Morgan fingerprint density at radius 2 is 1.67 bits per heavy atom. The summed E-state index contributed by atoms with van der Waals surface area (Å²) >= 11 is 0. The number of hydrogen-bond acceptors (Lipinski definition) is 6. The van der Waals surface area contributed by atoms with Gasteiger partial charge < -0.3 is 18.9 Å². The first kappa shape index (κ1) is 14.5. The molecule has 0 unspecified atom stereocenters. The van der Waals surface area contributed by atoms with Crippen molar-refractivity contribution in [3.8, 4) is 34.9 Å². The number of benzene rings is 1. The molecule has 0 fully saturated rings. The smallest absolute Gasteiger partial charge is 0.220 e. The molecule has 2 aromatic rings. The largest absolute Gasteiger partial charge is 0.493 e. The van der Waals surface area contributed by atoms with Crippen LogP contribution in [0.1, 0.15) is 5.56 Å². The molecule has 1 aromatic carbocycles. The third kappa shape index (κ3) is 3.15. The zero-order valence-corrected chi connectivity index (χ0v) is 11.9. The summed E-state index contributed by atoms with van der Waals surface area (Å²) in [7, 11) is 4.57. The van der Waals surface area contributed by atoms with Crippen LogP contribution in [0.4, 0.5) is 0 Å². The van der Waals surface area contributed by atoms with Gasteiger partial charge in [-0.1, -0.05) is 0 Å². The summed E-state index contributed by atoms with van der Waals surface area (Å²) in [6, 6.07) is 8.48. The standard InChI is InChI=1S/C15H14N2O4/c1-18-12-7-11(8-13(19-2)15(12)20-3)21-14-6-10(9-16)4-5-17-14/h4-8H,1-3H3. The minimum atomic E-state index is 0.309. The lowest BCUT2D eigenvalue weighted by molar-refractivity contribution is 0.320. The summed E-state index contributed by atoms with van der Waals surface area (Å²) in [5, 5.41) is 8.87. The molecule has 0 aliphatic carbocycles. The van der Waals surface area contributed by atoms with E-state index >= 15 is 0 Å². The molecule has 0 aliphatic heterocycles. The van der Waals surface area contributed by atoms with Gasteiger partial charge in [-0.25, -0.2) is 4.98 Å². The second kappa shape index (κ2) is 6.48. The summed E-state index contributed by atoms with van der Waals surface area (Å²) < 4.78 is 21.4. The summed E-state index contributed by atoms with van der Waals surface area (Å²) in [4.78, 5) is 4.05. The van der Waals surface area contributed by atoms with E-state index in [0.29, 0.717) is 34.4 Å². The van der Waals surface area contributed by atoms with E-state index in [4.69, 9.17) is 24.2 Å². The minimum Gasteiger partial charge on any atom is -0.493 e. The highest BCUT2D eigenvalue weighted by molar-refractivity contribution is 5.56. The molecule has 0 radical (unpaired) electrons. The quantitative estimate of drug-likeness (QED) is 0.841. The Hall–Kier alpha value is -2.94. The molecular weight excluding hydrogens is 272 g/mol. The lowest BCUT2D eigenvalue weighted by atomic mass is 10.2. The predicted octanol–water partition coefficient (Wildman–Crippen LogP) is 2.77. The Morgan fingerprint density at radius 3 is 2.19 bits per heavy atom. The molecule has 0 saturated carbocycles. The van der Waals surface area contributed by atoms with E-state index in [1.807, 2.05) is 6.07 Å². The van der Waals surface area contributed by atoms with Gasteiger partial charge in [0.1, 0.15) is 5.75 Å². The lowest BCUT2D eigenvalue weighted by Gasteiger charge is -2.14. The number of rotatable bonds is 5. The summed E-state index contributed by atoms with van der Waals surface area (Å²) in [5.74, 6) is 2.20. The van der Waals surface area contributed by atoms with Crippen LogP contribution in [0.25, 0.3) is 0 Å².